The Labute approximate surface area is 80.4 Å². The van der Waals surface area contributed by atoms with Crippen LogP contribution in [0, 0.1) is 0 Å². The van der Waals surface area contributed by atoms with Gasteiger partial charge in [0.2, 0.25) is 5.91 Å². The average molecular weight is 196 g/mol. The van der Waals surface area contributed by atoms with E-state index in [1.807, 2.05) is 0 Å². The fourth-order valence-corrected chi connectivity index (χ4v) is 1.05. The third-order valence-corrected chi connectivity index (χ3v) is 1.64. The standard InChI is InChI=1S/C8H11N3O3/c1-5(12)11-7(8(13)14)2-6-3-9-4-10-6/h3-4,7H,2H2,1H3,(H,9,10)(H,11,12)(H,13,14)/p-1/t7-/m0/s1. The van der Waals surface area contributed by atoms with E-state index in [1.54, 1.807) is 0 Å². The molecule has 0 aliphatic carbocycles. The quantitative estimate of drug-likeness (QED) is 0.594. The van der Waals surface area contributed by atoms with Crippen LogP contribution in [0.4, 0.5) is 0 Å². The maximum Gasteiger partial charge on any atom is 0.217 e. The molecule has 2 N–H and O–H groups in total. The first-order valence-electron chi connectivity index (χ1n) is 4.05. The molecule has 14 heavy (non-hydrogen) atoms. The van der Waals surface area contributed by atoms with Crippen molar-refractivity contribution < 1.29 is 14.7 Å². The zero-order valence-corrected chi connectivity index (χ0v) is 7.61. The second kappa shape index (κ2) is 4.40. The monoisotopic (exact) mass is 196 g/mol. The number of rotatable bonds is 4. The van der Waals surface area contributed by atoms with Crippen LogP contribution in [0.25, 0.3) is 0 Å². The first-order valence-corrected chi connectivity index (χ1v) is 4.05. The number of carboxylic acid groups (broad SMARTS) is 1. The predicted molar refractivity (Wildman–Crippen MR) is 44.9 cm³/mol. The van der Waals surface area contributed by atoms with Crippen molar-refractivity contribution in [1.29, 1.82) is 0 Å². The van der Waals surface area contributed by atoms with Gasteiger partial charge in [0.1, 0.15) is 0 Å². The van der Waals surface area contributed by atoms with Crippen molar-refractivity contribution in [3.8, 4) is 0 Å². The van der Waals surface area contributed by atoms with Gasteiger partial charge in [-0.3, -0.25) is 4.79 Å². The molecule has 0 saturated carbocycles. The van der Waals surface area contributed by atoms with Crippen molar-refractivity contribution in [2.45, 2.75) is 19.4 Å². The predicted octanol–water partition coefficient (Wildman–Crippen LogP) is -1.79. The van der Waals surface area contributed by atoms with E-state index in [1.165, 1.54) is 19.4 Å². The lowest BCUT2D eigenvalue weighted by atomic mass is 10.1. The number of aromatic amines is 1. The number of carbonyl (C=O) groups is 2. The number of nitrogens with one attached hydrogen (secondary N) is 2. The molecule has 6 heteroatoms. The van der Waals surface area contributed by atoms with Crippen LogP contribution in [0.15, 0.2) is 12.5 Å². The maximum atomic E-state index is 10.7. The van der Waals surface area contributed by atoms with Crippen molar-refractivity contribution in [3.05, 3.63) is 18.2 Å². The summed E-state index contributed by atoms with van der Waals surface area (Å²) in [5.74, 6) is -1.71. The summed E-state index contributed by atoms with van der Waals surface area (Å²) >= 11 is 0. The number of amides is 1. The lowest BCUT2D eigenvalue weighted by Crippen LogP contribution is -2.48. The van der Waals surface area contributed by atoms with Gasteiger partial charge in [-0.1, -0.05) is 0 Å². The molecule has 1 rings (SSSR count). The Bertz CT molecular complexity index is 321. The number of imidazole rings is 1. The normalized spacial score (nSPS) is 12.1. The van der Waals surface area contributed by atoms with Gasteiger partial charge in [-0.05, 0) is 0 Å². The highest BCUT2D eigenvalue weighted by Crippen LogP contribution is 1.97. The van der Waals surface area contributed by atoms with Gasteiger partial charge in [0.25, 0.3) is 0 Å². The zero-order chi connectivity index (χ0) is 10.6. The Balaban J connectivity index is 2.60. The van der Waals surface area contributed by atoms with Crippen LogP contribution in [0.5, 0.6) is 0 Å². The highest BCUT2D eigenvalue weighted by Gasteiger charge is 2.12. The van der Waals surface area contributed by atoms with Gasteiger partial charge >= 0.3 is 0 Å². The lowest BCUT2D eigenvalue weighted by molar-refractivity contribution is -0.308. The van der Waals surface area contributed by atoms with E-state index in [-0.39, 0.29) is 6.42 Å². The van der Waals surface area contributed by atoms with Crippen molar-refractivity contribution in [3.63, 3.8) is 0 Å². The largest absolute Gasteiger partial charge is 0.548 e. The summed E-state index contributed by atoms with van der Waals surface area (Å²) in [6, 6.07) is -1.02. The minimum atomic E-state index is -1.31. The topological polar surface area (TPSA) is 97.9 Å². The van der Waals surface area contributed by atoms with Crippen LogP contribution >= 0.6 is 0 Å². The molecular weight excluding hydrogens is 186 g/mol. The Hall–Kier alpha value is -1.85. The molecule has 0 aliphatic rings. The molecule has 1 aromatic heterocycles. The van der Waals surface area contributed by atoms with Gasteiger partial charge in [0.05, 0.1) is 18.3 Å². The zero-order valence-electron chi connectivity index (χ0n) is 7.61. The minimum absolute atomic E-state index is 0.141. The number of hydrogen-bond acceptors (Lipinski definition) is 4. The number of H-pyrrole nitrogens is 1. The van der Waals surface area contributed by atoms with E-state index >= 15 is 0 Å². The van der Waals surface area contributed by atoms with Crippen molar-refractivity contribution in [2.24, 2.45) is 0 Å². The molecule has 0 aliphatic heterocycles. The Kier molecular flexibility index (Phi) is 3.22. The van der Waals surface area contributed by atoms with Crippen LogP contribution in [0.3, 0.4) is 0 Å². The average Bonchev–Trinajstić information content (AvgIpc) is 2.54. The van der Waals surface area contributed by atoms with Crippen molar-refractivity contribution >= 4 is 11.9 Å². The second-order valence-corrected chi connectivity index (χ2v) is 2.85. The molecule has 0 saturated heterocycles. The van der Waals surface area contributed by atoms with Crippen LogP contribution in [-0.2, 0) is 16.0 Å². The van der Waals surface area contributed by atoms with Crippen molar-refractivity contribution in [2.75, 3.05) is 0 Å². The summed E-state index contributed by atoms with van der Waals surface area (Å²) in [4.78, 5) is 27.7. The molecular formula is C8H10N3O3-. The van der Waals surface area contributed by atoms with Crippen LogP contribution in [-0.4, -0.2) is 27.9 Å². The molecule has 6 nitrogen and oxygen atoms in total. The number of aromatic nitrogens is 2. The number of nitrogens with zero attached hydrogens (tertiary/aromatic N) is 1. The van der Waals surface area contributed by atoms with Crippen LogP contribution < -0.4 is 10.4 Å². The van der Waals surface area contributed by atoms with Crippen molar-refractivity contribution in [1.82, 2.24) is 15.3 Å². The summed E-state index contributed by atoms with van der Waals surface area (Å²) in [6.45, 7) is 1.25. The molecule has 0 unspecified atom stereocenters. The molecule has 0 aromatic carbocycles. The summed E-state index contributed by atoms with van der Waals surface area (Å²) < 4.78 is 0. The van der Waals surface area contributed by atoms with Gasteiger partial charge < -0.3 is 20.2 Å². The van der Waals surface area contributed by atoms with Gasteiger partial charge in [-0.2, -0.15) is 0 Å². The van der Waals surface area contributed by atoms with Crippen LogP contribution in [0.1, 0.15) is 12.6 Å². The van der Waals surface area contributed by atoms with Gasteiger partial charge in [0.15, 0.2) is 0 Å². The number of carbonyl (C=O) groups excluding carboxylic acids is 2. The van der Waals surface area contributed by atoms with E-state index in [4.69, 9.17) is 0 Å². The van der Waals surface area contributed by atoms with Gasteiger partial charge in [-0.25, -0.2) is 4.98 Å². The SMILES string of the molecule is CC(=O)N[C@@H](Cc1cnc[nH]1)C(=O)[O-]. The van der Waals surface area contributed by atoms with Gasteiger partial charge in [0, 0.05) is 25.2 Å². The first kappa shape index (κ1) is 10.2. The minimum Gasteiger partial charge on any atom is -0.548 e. The number of aliphatic carboxylic acids is 1. The fraction of sp³-hybridized carbons (Fsp3) is 0.375. The van der Waals surface area contributed by atoms with E-state index < -0.39 is 17.9 Å². The molecule has 0 spiro atoms. The highest BCUT2D eigenvalue weighted by atomic mass is 16.4. The highest BCUT2D eigenvalue weighted by molar-refractivity contribution is 5.81. The van der Waals surface area contributed by atoms with Crippen LogP contribution in [0.2, 0.25) is 0 Å². The third kappa shape index (κ3) is 2.89. The van der Waals surface area contributed by atoms with E-state index in [0.29, 0.717) is 5.69 Å². The summed E-state index contributed by atoms with van der Waals surface area (Å²) in [6.07, 6.45) is 3.08. The first-order chi connectivity index (χ1) is 6.59. The molecule has 0 bridgehead atoms. The Morgan fingerprint density at radius 2 is 2.43 bits per heavy atom. The molecule has 1 heterocycles. The lowest BCUT2D eigenvalue weighted by Gasteiger charge is -2.17. The van der Waals surface area contributed by atoms with E-state index in [9.17, 15) is 14.7 Å². The summed E-state index contributed by atoms with van der Waals surface area (Å²) in [7, 11) is 0. The fourth-order valence-electron chi connectivity index (χ4n) is 1.05. The molecule has 0 radical (unpaired) electrons. The summed E-state index contributed by atoms with van der Waals surface area (Å²) in [5, 5.41) is 12.9. The molecule has 1 atom stereocenters. The number of hydrogen-bond donors (Lipinski definition) is 2. The Morgan fingerprint density at radius 3 is 2.86 bits per heavy atom. The maximum absolute atomic E-state index is 10.7. The summed E-state index contributed by atoms with van der Waals surface area (Å²) in [5.41, 5.74) is 0.632. The third-order valence-electron chi connectivity index (χ3n) is 1.64. The molecule has 0 fully saturated rings. The molecule has 1 aromatic rings. The Morgan fingerprint density at radius 1 is 1.71 bits per heavy atom. The van der Waals surface area contributed by atoms with E-state index in [0.717, 1.165) is 0 Å². The smallest absolute Gasteiger partial charge is 0.217 e. The van der Waals surface area contributed by atoms with Gasteiger partial charge in [-0.15, -0.1) is 0 Å². The molecule has 76 valence electrons. The number of carboxylic acids is 1. The second-order valence-electron chi connectivity index (χ2n) is 2.85. The molecule has 1 amide bonds. The van der Waals surface area contributed by atoms with E-state index in [2.05, 4.69) is 15.3 Å².